The van der Waals surface area contributed by atoms with Crippen molar-refractivity contribution in [3.63, 3.8) is 0 Å². The molecule has 0 atom stereocenters. The van der Waals surface area contributed by atoms with Gasteiger partial charge < -0.3 is 4.57 Å². The van der Waals surface area contributed by atoms with E-state index in [1.807, 2.05) is 0 Å². The van der Waals surface area contributed by atoms with Crippen LogP contribution in [0.2, 0.25) is 0 Å². The molecular weight excluding hydrogens is 250 g/mol. The van der Waals surface area contributed by atoms with Gasteiger partial charge in [-0.05, 0) is 43.4 Å². The fraction of sp³-hybridized carbons (Fsp3) is 0.385. The maximum atomic E-state index is 3.54. The largest absolute Gasteiger partial charge is 0.347 e. The summed E-state index contributed by atoms with van der Waals surface area (Å²) in [5, 5.41) is 1.39. The molecule has 0 saturated heterocycles. The Morgan fingerprint density at radius 3 is 2.93 bits per heavy atom. The molecule has 0 spiro atoms. The average molecular weight is 264 g/mol. The smallest absolute Gasteiger partial charge is 0.0494 e. The van der Waals surface area contributed by atoms with E-state index in [2.05, 4.69) is 51.8 Å². The van der Waals surface area contributed by atoms with Gasteiger partial charge in [0, 0.05) is 28.1 Å². The Labute approximate surface area is 98.2 Å². The summed E-state index contributed by atoms with van der Waals surface area (Å²) in [7, 11) is 0. The minimum Gasteiger partial charge on any atom is -0.347 e. The van der Waals surface area contributed by atoms with Crippen molar-refractivity contribution in [2.24, 2.45) is 5.92 Å². The molecular formula is C13H14BrN. The molecule has 2 heteroatoms. The molecule has 1 nitrogen and oxygen atoms in total. The lowest BCUT2D eigenvalue weighted by Gasteiger charge is -2.03. The minimum atomic E-state index is 0.930. The molecule has 1 aliphatic carbocycles. The lowest BCUT2D eigenvalue weighted by atomic mass is 10.2. The fourth-order valence-corrected chi connectivity index (χ4v) is 2.53. The zero-order chi connectivity index (χ0) is 10.4. The molecule has 0 unspecified atom stereocenters. The number of halogens is 1. The second kappa shape index (κ2) is 3.38. The van der Waals surface area contributed by atoms with E-state index >= 15 is 0 Å². The van der Waals surface area contributed by atoms with Gasteiger partial charge in [0.2, 0.25) is 0 Å². The van der Waals surface area contributed by atoms with E-state index in [0.717, 1.165) is 5.92 Å². The van der Waals surface area contributed by atoms with Crippen LogP contribution in [0.3, 0.4) is 0 Å². The van der Waals surface area contributed by atoms with E-state index in [9.17, 15) is 0 Å². The van der Waals surface area contributed by atoms with Crippen LogP contribution in [0.25, 0.3) is 10.9 Å². The van der Waals surface area contributed by atoms with Crippen molar-refractivity contribution in [3.05, 3.63) is 34.4 Å². The summed E-state index contributed by atoms with van der Waals surface area (Å²) in [5.41, 5.74) is 2.76. The van der Waals surface area contributed by atoms with Gasteiger partial charge in [-0.3, -0.25) is 0 Å². The molecule has 1 saturated carbocycles. The number of hydrogen-bond acceptors (Lipinski definition) is 0. The van der Waals surface area contributed by atoms with Crippen LogP contribution in [0.5, 0.6) is 0 Å². The van der Waals surface area contributed by atoms with Crippen LogP contribution in [0.15, 0.2) is 28.9 Å². The van der Waals surface area contributed by atoms with Gasteiger partial charge in [-0.1, -0.05) is 22.0 Å². The van der Waals surface area contributed by atoms with E-state index in [1.165, 1.54) is 40.3 Å². The van der Waals surface area contributed by atoms with Gasteiger partial charge >= 0.3 is 0 Å². The Hall–Kier alpha value is -0.760. The molecule has 15 heavy (non-hydrogen) atoms. The predicted molar refractivity (Wildman–Crippen MR) is 67.1 cm³/mol. The highest BCUT2D eigenvalue weighted by Crippen LogP contribution is 2.33. The van der Waals surface area contributed by atoms with Crippen molar-refractivity contribution >= 4 is 26.8 Å². The van der Waals surface area contributed by atoms with Gasteiger partial charge in [0.15, 0.2) is 0 Å². The quantitative estimate of drug-likeness (QED) is 0.768. The summed E-state index contributed by atoms with van der Waals surface area (Å²) in [6, 6.07) is 6.56. The van der Waals surface area contributed by atoms with Crippen LogP contribution in [-0.4, -0.2) is 4.57 Å². The highest BCUT2D eigenvalue weighted by Gasteiger charge is 2.22. The Kier molecular flexibility index (Phi) is 2.13. The van der Waals surface area contributed by atoms with Gasteiger partial charge in [-0.15, -0.1) is 0 Å². The SMILES string of the molecule is Cc1cn(CC2CC2)c2cc(Br)ccc12. The van der Waals surface area contributed by atoms with Crippen LogP contribution in [0.4, 0.5) is 0 Å². The standard InChI is InChI=1S/C13H14BrN/c1-9-7-15(8-10-2-3-10)13-6-11(14)4-5-12(9)13/h4-7,10H,2-3,8H2,1H3. The van der Waals surface area contributed by atoms with E-state index in [1.54, 1.807) is 0 Å². The van der Waals surface area contributed by atoms with Gasteiger partial charge in [-0.25, -0.2) is 0 Å². The lowest BCUT2D eigenvalue weighted by Crippen LogP contribution is -1.97. The van der Waals surface area contributed by atoms with E-state index in [-0.39, 0.29) is 0 Å². The molecule has 0 radical (unpaired) electrons. The number of fused-ring (bicyclic) bond motifs is 1. The molecule has 0 amide bonds. The van der Waals surface area contributed by atoms with E-state index in [0.29, 0.717) is 0 Å². The lowest BCUT2D eigenvalue weighted by molar-refractivity contribution is 0.646. The van der Waals surface area contributed by atoms with Gasteiger partial charge in [0.1, 0.15) is 0 Å². The highest BCUT2D eigenvalue weighted by molar-refractivity contribution is 9.10. The first-order valence-corrected chi connectivity index (χ1v) is 6.28. The maximum Gasteiger partial charge on any atom is 0.0494 e. The molecule has 1 aromatic carbocycles. The maximum absolute atomic E-state index is 3.54. The fourth-order valence-electron chi connectivity index (χ4n) is 2.18. The molecule has 3 rings (SSSR count). The second-order valence-electron chi connectivity index (χ2n) is 4.57. The molecule has 1 heterocycles. The first-order chi connectivity index (χ1) is 7.24. The number of benzene rings is 1. The van der Waals surface area contributed by atoms with Gasteiger partial charge in [-0.2, -0.15) is 0 Å². The highest BCUT2D eigenvalue weighted by atomic mass is 79.9. The van der Waals surface area contributed by atoms with Crippen molar-refractivity contribution in [3.8, 4) is 0 Å². The minimum absolute atomic E-state index is 0.930. The van der Waals surface area contributed by atoms with Crippen LogP contribution < -0.4 is 0 Å². The van der Waals surface area contributed by atoms with Gasteiger partial charge in [0.25, 0.3) is 0 Å². The van der Waals surface area contributed by atoms with Crippen molar-refractivity contribution in [2.75, 3.05) is 0 Å². The number of aromatic nitrogens is 1. The van der Waals surface area contributed by atoms with E-state index in [4.69, 9.17) is 0 Å². The Morgan fingerprint density at radius 2 is 2.20 bits per heavy atom. The van der Waals surface area contributed by atoms with Crippen LogP contribution in [0, 0.1) is 12.8 Å². The van der Waals surface area contributed by atoms with Crippen molar-refractivity contribution in [1.29, 1.82) is 0 Å². The summed E-state index contributed by atoms with van der Waals surface area (Å²) in [6.45, 7) is 3.39. The Morgan fingerprint density at radius 1 is 1.40 bits per heavy atom. The number of nitrogens with zero attached hydrogens (tertiary/aromatic N) is 1. The second-order valence-corrected chi connectivity index (χ2v) is 5.48. The van der Waals surface area contributed by atoms with Crippen molar-refractivity contribution < 1.29 is 0 Å². The molecule has 1 aromatic heterocycles. The Balaban J connectivity index is 2.14. The third kappa shape index (κ3) is 1.71. The van der Waals surface area contributed by atoms with Crippen LogP contribution in [-0.2, 0) is 6.54 Å². The number of aryl methyl sites for hydroxylation is 1. The zero-order valence-corrected chi connectivity index (χ0v) is 10.4. The summed E-state index contributed by atoms with van der Waals surface area (Å²) in [4.78, 5) is 0. The first kappa shape index (κ1) is 9.46. The van der Waals surface area contributed by atoms with E-state index < -0.39 is 0 Å². The van der Waals surface area contributed by atoms with Crippen LogP contribution in [0.1, 0.15) is 18.4 Å². The summed E-state index contributed by atoms with van der Waals surface area (Å²) >= 11 is 3.54. The van der Waals surface area contributed by atoms with Crippen molar-refractivity contribution in [2.45, 2.75) is 26.3 Å². The normalized spacial score (nSPS) is 16.1. The average Bonchev–Trinajstić information content (AvgIpc) is 2.95. The summed E-state index contributed by atoms with van der Waals surface area (Å²) in [5.74, 6) is 0.930. The van der Waals surface area contributed by atoms with Gasteiger partial charge in [0.05, 0.1) is 0 Å². The number of hydrogen-bond donors (Lipinski definition) is 0. The first-order valence-electron chi connectivity index (χ1n) is 5.49. The molecule has 78 valence electrons. The van der Waals surface area contributed by atoms with Crippen molar-refractivity contribution in [1.82, 2.24) is 4.57 Å². The monoisotopic (exact) mass is 263 g/mol. The topological polar surface area (TPSA) is 4.93 Å². The summed E-state index contributed by atoms with van der Waals surface area (Å²) < 4.78 is 3.58. The molecule has 0 N–H and O–H groups in total. The molecule has 0 aliphatic heterocycles. The molecule has 0 bridgehead atoms. The number of rotatable bonds is 2. The predicted octanol–water partition coefficient (Wildman–Crippen LogP) is 4.12. The van der Waals surface area contributed by atoms with Crippen LogP contribution >= 0.6 is 15.9 Å². The molecule has 2 aromatic rings. The third-order valence-electron chi connectivity index (χ3n) is 3.20. The molecule has 1 fully saturated rings. The molecule has 1 aliphatic rings. The zero-order valence-electron chi connectivity index (χ0n) is 8.83. The Bertz CT molecular complexity index is 508. The summed E-state index contributed by atoms with van der Waals surface area (Å²) in [6.07, 6.45) is 5.11. The third-order valence-corrected chi connectivity index (χ3v) is 3.69.